The molecule has 2 heteroatoms. The van der Waals surface area contributed by atoms with Gasteiger partial charge < -0.3 is 5.32 Å². The maximum atomic E-state index is 4.28. The van der Waals surface area contributed by atoms with Gasteiger partial charge in [-0.1, -0.05) is 19.4 Å². The van der Waals surface area contributed by atoms with E-state index in [2.05, 4.69) is 29.4 Å². The van der Waals surface area contributed by atoms with E-state index in [1.54, 1.807) is 0 Å². The van der Waals surface area contributed by atoms with Crippen LogP contribution >= 0.6 is 0 Å². The average molecular weight is 230 g/mol. The standard InChI is InChI=1S/C15H22N2/c1-2-17-15(13-4-3-7-16-10-13)14-9-11-5-6-12(14)8-11/h3-4,7,10-12,14-15,17H,2,5-6,8-9H2,1H3. The van der Waals surface area contributed by atoms with Crippen LogP contribution in [0.3, 0.4) is 0 Å². The maximum Gasteiger partial charge on any atom is 0.0366 e. The van der Waals surface area contributed by atoms with Crippen molar-refractivity contribution in [3.63, 3.8) is 0 Å². The monoisotopic (exact) mass is 230 g/mol. The zero-order valence-corrected chi connectivity index (χ0v) is 10.6. The van der Waals surface area contributed by atoms with Crippen LogP contribution in [-0.2, 0) is 0 Å². The van der Waals surface area contributed by atoms with E-state index < -0.39 is 0 Å². The molecule has 4 atom stereocenters. The summed E-state index contributed by atoms with van der Waals surface area (Å²) in [6.07, 6.45) is 9.75. The van der Waals surface area contributed by atoms with Crippen molar-refractivity contribution in [2.45, 2.75) is 38.6 Å². The lowest BCUT2D eigenvalue weighted by molar-refractivity contribution is 0.253. The van der Waals surface area contributed by atoms with Crippen LogP contribution < -0.4 is 5.32 Å². The largest absolute Gasteiger partial charge is 0.310 e. The van der Waals surface area contributed by atoms with Gasteiger partial charge in [-0.3, -0.25) is 4.98 Å². The highest BCUT2D eigenvalue weighted by atomic mass is 14.9. The number of rotatable bonds is 4. The van der Waals surface area contributed by atoms with E-state index in [0.29, 0.717) is 6.04 Å². The van der Waals surface area contributed by atoms with Crippen molar-refractivity contribution in [3.8, 4) is 0 Å². The lowest BCUT2D eigenvalue weighted by atomic mass is 9.81. The topological polar surface area (TPSA) is 24.9 Å². The molecular weight excluding hydrogens is 208 g/mol. The SMILES string of the molecule is CCNC(c1cccnc1)C1CC2CCC1C2. The van der Waals surface area contributed by atoms with Gasteiger partial charge in [0.1, 0.15) is 0 Å². The molecule has 2 bridgehead atoms. The number of pyridine rings is 1. The minimum Gasteiger partial charge on any atom is -0.310 e. The minimum absolute atomic E-state index is 0.531. The second-order valence-electron chi connectivity index (χ2n) is 5.66. The minimum atomic E-state index is 0.531. The molecule has 0 amide bonds. The molecule has 1 N–H and O–H groups in total. The molecule has 2 saturated carbocycles. The Balaban J connectivity index is 1.81. The number of hydrogen-bond acceptors (Lipinski definition) is 2. The predicted molar refractivity (Wildman–Crippen MR) is 69.6 cm³/mol. The zero-order valence-electron chi connectivity index (χ0n) is 10.6. The Kier molecular flexibility index (Phi) is 3.15. The first kappa shape index (κ1) is 11.2. The molecule has 1 aromatic heterocycles. The molecule has 0 saturated heterocycles. The fourth-order valence-electron chi connectivity index (χ4n) is 4.00. The zero-order chi connectivity index (χ0) is 11.7. The Morgan fingerprint density at radius 1 is 1.41 bits per heavy atom. The molecule has 0 aromatic carbocycles. The Labute approximate surface area is 104 Å². The van der Waals surface area contributed by atoms with Crippen molar-refractivity contribution in [1.82, 2.24) is 10.3 Å². The van der Waals surface area contributed by atoms with Crippen LogP contribution in [-0.4, -0.2) is 11.5 Å². The van der Waals surface area contributed by atoms with Crippen LogP contribution in [0.15, 0.2) is 24.5 Å². The van der Waals surface area contributed by atoms with E-state index in [1.165, 1.54) is 31.2 Å². The van der Waals surface area contributed by atoms with Crippen LogP contribution in [0.5, 0.6) is 0 Å². The molecule has 0 aliphatic heterocycles. The molecule has 4 unspecified atom stereocenters. The van der Waals surface area contributed by atoms with E-state index in [1.807, 2.05) is 12.4 Å². The third kappa shape index (κ3) is 2.11. The van der Waals surface area contributed by atoms with Gasteiger partial charge in [-0.2, -0.15) is 0 Å². The van der Waals surface area contributed by atoms with E-state index in [9.17, 15) is 0 Å². The third-order valence-electron chi connectivity index (χ3n) is 4.69. The summed E-state index contributed by atoms with van der Waals surface area (Å²) >= 11 is 0. The molecule has 2 nitrogen and oxygen atoms in total. The van der Waals surface area contributed by atoms with Crippen LogP contribution in [0.1, 0.15) is 44.2 Å². The molecule has 0 spiro atoms. The number of nitrogens with zero attached hydrogens (tertiary/aromatic N) is 1. The quantitative estimate of drug-likeness (QED) is 0.859. The van der Waals surface area contributed by atoms with Gasteiger partial charge in [-0.05, 0) is 55.2 Å². The molecule has 1 heterocycles. The first-order valence-electron chi connectivity index (χ1n) is 7.01. The normalized spacial score (nSPS) is 32.9. The summed E-state index contributed by atoms with van der Waals surface area (Å²) in [6, 6.07) is 4.82. The van der Waals surface area contributed by atoms with Crippen LogP contribution in [0, 0.1) is 17.8 Å². The smallest absolute Gasteiger partial charge is 0.0366 e. The molecule has 2 aliphatic rings. The second-order valence-corrected chi connectivity index (χ2v) is 5.66. The highest BCUT2D eigenvalue weighted by Gasteiger charge is 2.43. The second kappa shape index (κ2) is 4.77. The van der Waals surface area contributed by atoms with E-state index in [4.69, 9.17) is 0 Å². The fourth-order valence-corrected chi connectivity index (χ4v) is 4.00. The highest BCUT2D eigenvalue weighted by Crippen LogP contribution is 2.52. The molecular formula is C15H22N2. The Morgan fingerprint density at radius 3 is 2.94 bits per heavy atom. The lowest BCUT2D eigenvalue weighted by Gasteiger charge is -2.31. The van der Waals surface area contributed by atoms with Crippen molar-refractivity contribution in [1.29, 1.82) is 0 Å². The maximum absolute atomic E-state index is 4.28. The predicted octanol–water partition coefficient (Wildman–Crippen LogP) is 3.17. The fraction of sp³-hybridized carbons (Fsp3) is 0.667. The van der Waals surface area contributed by atoms with E-state index in [-0.39, 0.29) is 0 Å². The number of aromatic nitrogens is 1. The van der Waals surface area contributed by atoms with Crippen LogP contribution in [0.2, 0.25) is 0 Å². The Hall–Kier alpha value is -0.890. The molecule has 0 radical (unpaired) electrons. The van der Waals surface area contributed by atoms with Crippen molar-refractivity contribution >= 4 is 0 Å². The van der Waals surface area contributed by atoms with Gasteiger partial charge in [0.05, 0.1) is 0 Å². The van der Waals surface area contributed by atoms with Crippen molar-refractivity contribution < 1.29 is 0 Å². The molecule has 92 valence electrons. The van der Waals surface area contributed by atoms with Crippen LogP contribution in [0.25, 0.3) is 0 Å². The number of hydrogen-bond donors (Lipinski definition) is 1. The van der Waals surface area contributed by atoms with Crippen molar-refractivity contribution in [2.75, 3.05) is 6.54 Å². The number of fused-ring (bicyclic) bond motifs is 2. The Morgan fingerprint density at radius 2 is 2.35 bits per heavy atom. The summed E-state index contributed by atoms with van der Waals surface area (Å²) in [5, 5.41) is 3.69. The molecule has 1 aromatic rings. The van der Waals surface area contributed by atoms with Gasteiger partial charge in [0.2, 0.25) is 0 Å². The summed E-state index contributed by atoms with van der Waals surface area (Å²) in [6.45, 7) is 3.25. The summed E-state index contributed by atoms with van der Waals surface area (Å²) < 4.78 is 0. The Bertz CT molecular complexity index is 362. The van der Waals surface area contributed by atoms with Gasteiger partial charge in [0.25, 0.3) is 0 Å². The average Bonchev–Trinajstić information content (AvgIpc) is 2.99. The van der Waals surface area contributed by atoms with Gasteiger partial charge in [0, 0.05) is 18.4 Å². The first-order chi connectivity index (χ1) is 8.38. The van der Waals surface area contributed by atoms with E-state index in [0.717, 1.165) is 24.3 Å². The van der Waals surface area contributed by atoms with Crippen molar-refractivity contribution in [2.24, 2.45) is 17.8 Å². The lowest BCUT2D eigenvalue weighted by Crippen LogP contribution is -2.31. The van der Waals surface area contributed by atoms with Gasteiger partial charge in [-0.15, -0.1) is 0 Å². The summed E-state index contributed by atoms with van der Waals surface area (Å²) in [7, 11) is 0. The highest BCUT2D eigenvalue weighted by molar-refractivity contribution is 5.16. The molecule has 2 aliphatic carbocycles. The van der Waals surface area contributed by atoms with Gasteiger partial charge in [0.15, 0.2) is 0 Å². The summed E-state index contributed by atoms with van der Waals surface area (Å²) in [5.41, 5.74) is 1.38. The van der Waals surface area contributed by atoms with Gasteiger partial charge in [-0.25, -0.2) is 0 Å². The first-order valence-corrected chi connectivity index (χ1v) is 7.01. The summed E-state index contributed by atoms with van der Waals surface area (Å²) in [5.74, 6) is 2.82. The molecule has 3 rings (SSSR count). The van der Waals surface area contributed by atoms with Crippen molar-refractivity contribution in [3.05, 3.63) is 30.1 Å². The molecule has 17 heavy (non-hydrogen) atoms. The number of nitrogens with one attached hydrogen (secondary N) is 1. The molecule has 2 fully saturated rings. The van der Waals surface area contributed by atoms with Gasteiger partial charge >= 0.3 is 0 Å². The third-order valence-corrected chi connectivity index (χ3v) is 4.69. The van der Waals surface area contributed by atoms with Crippen LogP contribution in [0.4, 0.5) is 0 Å². The summed E-state index contributed by atoms with van der Waals surface area (Å²) in [4.78, 5) is 4.28. The van der Waals surface area contributed by atoms with E-state index >= 15 is 0 Å².